The van der Waals surface area contributed by atoms with Crippen molar-refractivity contribution < 1.29 is 13.5 Å². The first kappa shape index (κ1) is 14.5. The summed E-state index contributed by atoms with van der Waals surface area (Å²) in [6.07, 6.45) is 1.10. The summed E-state index contributed by atoms with van der Waals surface area (Å²) in [6, 6.07) is 10.1. The standard InChI is InChI=1S/C14H21NO3S/c1-11(7-8-12-5-3-2-4-6-12)15-13-9-19(17,18)10-14(13)16/h2-6,11,13-16H,7-10H2,1H3/t11-,13+,14+/m1/s1. The van der Waals surface area contributed by atoms with Crippen LogP contribution in [0.5, 0.6) is 0 Å². The van der Waals surface area contributed by atoms with Gasteiger partial charge in [0, 0.05) is 12.1 Å². The number of hydrogen-bond donors (Lipinski definition) is 2. The molecule has 4 nitrogen and oxygen atoms in total. The molecular formula is C14H21NO3S. The average molecular weight is 283 g/mol. The van der Waals surface area contributed by atoms with E-state index in [2.05, 4.69) is 17.4 Å². The molecule has 2 N–H and O–H groups in total. The van der Waals surface area contributed by atoms with Gasteiger partial charge in [0.25, 0.3) is 0 Å². The van der Waals surface area contributed by atoms with Gasteiger partial charge in [-0.25, -0.2) is 8.42 Å². The monoisotopic (exact) mass is 283 g/mol. The molecule has 1 heterocycles. The lowest BCUT2D eigenvalue weighted by molar-refractivity contribution is 0.159. The summed E-state index contributed by atoms with van der Waals surface area (Å²) in [6.45, 7) is 2.03. The number of aliphatic hydroxyl groups excluding tert-OH is 1. The molecule has 1 aliphatic rings. The fourth-order valence-electron chi connectivity index (χ4n) is 2.46. The summed E-state index contributed by atoms with van der Waals surface area (Å²) < 4.78 is 22.8. The Balaban J connectivity index is 1.80. The molecule has 1 aromatic rings. The zero-order chi connectivity index (χ0) is 13.9. The minimum atomic E-state index is -3.07. The highest BCUT2D eigenvalue weighted by Crippen LogP contribution is 2.14. The lowest BCUT2D eigenvalue weighted by Gasteiger charge is -2.21. The van der Waals surface area contributed by atoms with Crippen LogP contribution in [0.15, 0.2) is 30.3 Å². The summed E-state index contributed by atoms with van der Waals surface area (Å²) in [4.78, 5) is 0. The zero-order valence-corrected chi connectivity index (χ0v) is 11.9. The lowest BCUT2D eigenvalue weighted by atomic mass is 10.1. The summed E-state index contributed by atoms with van der Waals surface area (Å²) in [7, 11) is -3.07. The van der Waals surface area contributed by atoms with Crippen LogP contribution in [0.1, 0.15) is 18.9 Å². The van der Waals surface area contributed by atoms with Crippen molar-refractivity contribution in [2.75, 3.05) is 11.5 Å². The Morgan fingerprint density at radius 1 is 1.32 bits per heavy atom. The van der Waals surface area contributed by atoms with Gasteiger partial charge >= 0.3 is 0 Å². The lowest BCUT2D eigenvalue weighted by Crippen LogP contribution is -2.44. The summed E-state index contributed by atoms with van der Waals surface area (Å²) >= 11 is 0. The minimum absolute atomic E-state index is 0.0455. The fourth-order valence-corrected chi connectivity index (χ4v) is 4.22. The van der Waals surface area contributed by atoms with E-state index in [0.717, 1.165) is 12.8 Å². The Morgan fingerprint density at radius 2 is 2.00 bits per heavy atom. The number of aliphatic hydroxyl groups is 1. The Morgan fingerprint density at radius 3 is 2.58 bits per heavy atom. The first-order valence-corrected chi connectivity index (χ1v) is 8.47. The van der Waals surface area contributed by atoms with Gasteiger partial charge in [-0.1, -0.05) is 30.3 Å². The SMILES string of the molecule is C[C@H](CCc1ccccc1)N[C@H]1CS(=O)(=O)C[C@@H]1O. The second-order valence-corrected chi connectivity index (χ2v) is 7.50. The molecule has 0 spiro atoms. The topological polar surface area (TPSA) is 66.4 Å². The Labute approximate surface area is 114 Å². The number of rotatable bonds is 5. The molecule has 106 valence electrons. The van der Waals surface area contributed by atoms with Crippen LogP contribution in [-0.2, 0) is 16.3 Å². The van der Waals surface area contributed by atoms with Crippen LogP contribution in [0.2, 0.25) is 0 Å². The molecule has 2 rings (SSSR count). The van der Waals surface area contributed by atoms with Crippen LogP contribution in [0.25, 0.3) is 0 Å². The van der Waals surface area contributed by atoms with Crippen molar-refractivity contribution in [3.8, 4) is 0 Å². The highest BCUT2D eigenvalue weighted by atomic mass is 32.2. The van der Waals surface area contributed by atoms with Gasteiger partial charge in [-0.05, 0) is 25.3 Å². The normalized spacial score (nSPS) is 27.3. The third-order valence-corrected chi connectivity index (χ3v) is 5.25. The van der Waals surface area contributed by atoms with E-state index >= 15 is 0 Å². The highest BCUT2D eigenvalue weighted by molar-refractivity contribution is 7.91. The largest absolute Gasteiger partial charge is 0.390 e. The molecule has 0 radical (unpaired) electrons. The summed E-state index contributed by atoms with van der Waals surface area (Å²) in [5, 5.41) is 12.9. The van der Waals surface area contributed by atoms with E-state index in [4.69, 9.17) is 0 Å². The number of sulfone groups is 1. The maximum absolute atomic E-state index is 11.4. The molecular weight excluding hydrogens is 262 g/mol. The van der Waals surface area contributed by atoms with E-state index in [0.29, 0.717) is 0 Å². The predicted octanol–water partition coefficient (Wildman–Crippen LogP) is 0.755. The Bertz CT molecular complexity index is 501. The van der Waals surface area contributed by atoms with Crippen molar-refractivity contribution in [2.45, 2.75) is 38.0 Å². The number of nitrogens with one attached hydrogen (secondary N) is 1. The van der Waals surface area contributed by atoms with Crippen LogP contribution in [0, 0.1) is 0 Å². The fraction of sp³-hybridized carbons (Fsp3) is 0.571. The quantitative estimate of drug-likeness (QED) is 0.837. The number of benzene rings is 1. The molecule has 0 unspecified atom stereocenters. The molecule has 1 fully saturated rings. The second kappa shape index (κ2) is 6.03. The zero-order valence-electron chi connectivity index (χ0n) is 11.1. The van der Waals surface area contributed by atoms with Gasteiger partial charge in [-0.15, -0.1) is 0 Å². The van der Waals surface area contributed by atoms with Crippen molar-refractivity contribution in [1.82, 2.24) is 5.32 Å². The van der Waals surface area contributed by atoms with Gasteiger partial charge in [0.2, 0.25) is 0 Å². The van der Waals surface area contributed by atoms with Crippen LogP contribution in [0.4, 0.5) is 0 Å². The van der Waals surface area contributed by atoms with Gasteiger partial charge in [-0.2, -0.15) is 0 Å². The van der Waals surface area contributed by atoms with E-state index in [1.54, 1.807) is 0 Å². The molecule has 1 aliphatic heterocycles. The molecule has 1 aromatic carbocycles. The highest BCUT2D eigenvalue weighted by Gasteiger charge is 2.36. The third kappa shape index (κ3) is 4.30. The van der Waals surface area contributed by atoms with Crippen molar-refractivity contribution in [2.24, 2.45) is 0 Å². The molecule has 0 saturated carbocycles. The van der Waals surface area contributed by atoms with E-state index in [9.17, 15) is 13.5 Å². The van der Waals surface area contributed by atoms with Crippen LogP contribution < -0.4 is 5.32 Å². The molecule has 5 heteroatoms. The third-order valence-electron chi connectivity index (χ3n) is 3.53. The molecule has 1 saturated heterocycles. The second-order valence-electron chi connectivity index (χ2n) is 5.34. The molecule has 3 atom stereocenters. The van der Waals surface area contributed by atoms with E-state index < -0.39 is 15.9 Å². The molecule has 0 aromatic heterocycles. The number of hydrogen-bond acceptors (Lipinski definition) is 4. The predicted molar refractivity (Wildman–Crippen MR) is 75.8 cm³/mol. The smallest absolute Gasteiger partial charge is 0.154 e. The van der Waals surface area contributed by atoms with Crippen LogP contribution in [-0.4, -0.2) is 43.2 Å². The van der Waals surface area contributed by atoms with Gasteiger partial charge < -0.3 is 10.4 Å². The average Bonchev–Trinajstić information content (AvgIpc) is 2.61. The van der Waals surface area contributed by atoms with E-state index in [1.165, 1.54) is 5.56 Å². The first-order valence-electron chi connectivity index (χ1n) is 6.65. The molecule has 0 bridgehead atoms. The van der Waals surface area contributed by atoms with Crippen molar-refractivity contribution >= 4 is 9.84 Å². The minimum Gasteiger partial charge on any atom is -0.390 e. The number of aryl methyl sites for hydroxylation is 1. The van der Waals surface area contributed by atoms with E-state index in [-0.39, 0.29) is 23.6 Å². The Kier molecular flexibility index (Phi) is 4.60. The van der Waals surface area contributed by atoms with Gasteiger partial charge in [0.15, 0.2) is 9.84 Å². The Hall–Kier alpha value is -0.910. The summed E-state index contributed by atoms with van der Waals surface area (Å²) in [5.41, 5.74) is 1.27. The van der Waals surface area contributed by atoms with Gasteiger partial charge in [-0.3, -0.25) is 0 Å². The van der Waals surface area contributed by atoms with Crippen molar-refractivity contribution in [3.63, 3.8) is 0 Å². The van der Waals surface area contributed by atoms with Crippen LogP contribution in [0.3, 0.4) is 0 Å². The van der Waals surface area contributed by atoms with E-state index in [1.807, 2.05) is 25.1 Å². The molecule has 19 heavy (non-hydrogen) atoms. The first-order chi connectivity index (χ1) is 8.96. The van der Waals surface area contributed by atoms with Crippen molar-refractivity contribution in [3.05, 3.63) is 35.9 Å². The summed E-state index contributed by atoms with van der Waals surface area (Å²) in [5.74, 6) is -0.0695. The van der Waals surface area contributed by atoms with Gasteiger partial charge in [0.05, 0.1) is 17.6 Å². The van der Waals surface area contributed by atoms with Crippen molar-refractivity contribution in [1.29, 1.82) is 0 Å². The maximum atomic E-state index is 11.4. The maximum Gasteiger partial charge on any atom is 0.154 e. The van der Waals surface area contributed by atoms with Gasteiger partial charge in [0.1, 0.15) is 0 Å². The molecule has 0 aliphatic carbocycles. The van der Waals surface area contributed by atoms with Crippen LogP contribution >= 0.6 is 0 Å². The molecule has 0 amide bonds.